The van der Waals surface area contributed by atoms with Gasteiger partial charge in [-0.3, -0.25) is 4.79 Å². The van der Waals surface area contributed by atoms with E-state index in [4.69, 9.17) is 26.2 Å². The number of aliphatic carboxylic acids is 1. The maximum atomic E-state index is 10.5. The Morgan fingerprint density at radius 3 is 2.59 bits per heavy atom. The van der Waals surface area contributed by atoms with Crippen molar-refractivity contribution in [2.75, 3.05) is 14.2 Å². The van der Waals surface area contributed by atoms with Crippen LogP contribution in [-0.2, 0) is 11.2 Å². The number of carboxylic acid groups (broad SMARTS) is 1. The summed E-state index contributed by atoms with van der Waals surface area (Å²) in [5.41, 5.74) is 0.859. The summed E-state index contributed by atoms with van der Waals surface area (Å²) in [6, 6.07) is 3.48. The van der Waals surface area contributed by atoms with E-state index in [-0.39, 0.29) is 6.42 Å². The molecule has 0 radical (unpaired) electrons. The van der Waals surface area contributed by atoms with E-state index in [2.05, 4.69) is 0 Å². The van der Waals surface area contributed by atoms with Gasteiger partial charge in [0.2, 0.25) is 0 Å². The largest absolute Gasteiger partial charge is 0.497 e. The zero-order chi connectivity index (χ0) is 12.8. The highest BCUT2D eigenvalue weighted by molar-refractivity contribution is 6.32. The van der Waals surface area contributed by atoms with E-state index in [9.17, 15) is 4.79 Å². The number of rotatable bonds is 6. The van der Waals surface area contributed by atoms with Gasteiger partial charge in [-0.15, -0.1) is 0 Å². The van der Waals surface area contributed by atoms with E-state index in [0.717, 1.165) is 5.56 Å². The molecule has 0 heterocycles. The molecule has 0 saturated carbocycles. The van der Waals surface area contributed by atoms with Gasteiger partial charge in [-0.25, -0.2) is 0 Å². The molecule has 1 aromatic carbocycles. The third-order valence-corrected chi connectivity index (χ3v) is 2.65. The summed E-state index contributed by atoms with van der Waals surface area (Å²) < 4.78 is 10.3. The van der Waals surface area contributed by atoms with Crippen LogP contribution < -0.4 is 9.47 Å². The lowest BCUT2D eigenvalue weighted by atomic mass is 10.1. The highest BCUT2D eigenvalue weighted by Crippen LogP contribution is 2.34. The van der Waals surface area contributed by atoms with Gasteiger partial charge in [0.25, 0.3) is 0 Å². The highest BCUT2D eigenvalue weighted by atomic mass is 35.5. The molecular formula is C12H15ClO4. The summed E-state index contributed by atoms with van der Waals surface area (Å²) in [6.07, 6.45) is 1.25. The summed E-state index contributed by atoms with van der Waals surface area (Å²) in [6.45, 7) is 0. The molecule has 0 saturated heterocycles. The molecule has 1 N–H and O–H groups in total. The van der Waals surface area contributed by atoms with Crippen molar-refractivity contribution in [1.29, 1.82) is 0 Å². The number of aryl methyl sites for hydroxylation is 1. The van der Waals surface area contributed by atoms with E-state index >= 15 is 0 Å². The van der Waals surface area contributed by atoms with Gasteiger partial charge in [0.15, 0.2) is 0 Å². The molecule has 0 bridgehead atoms. The van der Waals surface area contributed by atoms with Crippen molar-refractivity contribution < 1.29 is 19.4 Å². The van der Waals surface area contributed by atoms with Crippen LogP contribution in [0.25, 0.3) is 0 Å². The number of methoxy groups -OCH3 is 2. The molecule has 0 aliphatic rings. The van der Waals surface area contributed by atoms with Gasteiger partial charge >= 0.3 is 5.97 Å². The molecule has 0 spiro atoms. The van der Waals surface area contributed by atoms with Gasteiger partial charge in [0.05, 0.1) is 19.2 Å². The Morgan fingerprint density at radius 2 is 2.06 bits per heavy atom. The molecule has 4 nitrogen and oxygen atoms in total. The summed E-state index contributed by atoms with van der Waals surface area (Å²) in [7, 11) is 3.09. The Balaban J connectivity index is 2.87. The molecule has 1 rings (SSSR count). The number of hydrogen-bond donors (Lipinski definition) is 1. The van der Waals surface area contributed by atoms with Crippen LogP contribution in [-0.4, -0.2) is 25.3 Å². The molecule has 94 valence electrons. The number of hydrogen-bond acceptors (Lipinski definition) is 3. The fraction of sp³-hybridized carbons (Fsp3) is 0.417. The maximum absolute atomic E-state index is 10.5. The number of halogens is 1. The second-order valence-corrected chi connectivity index (χ2v) is 3.96. The minimum absolute atomic E-state index is 0.123. The fourth-order valence-corrected chi connectivity index (χ4v) is 1.89. The van der Waals surface area contributed by atoms with Crippen molar-refractivity contribution in [2.45, 2.75) is 19.3 Å². The lowest BCUT2D eigenvalue weighted by Crippen LogP contribution is -1.99. The Labute approximate surface area is 105 Å². The van der Waals surface area contributed by atoms with Gasteiger partial charge in [-0.1, -0.05) is 11.6 Å². The number of carboxylic acids is 1. The SMILES string of the molecule is COc1cc(Cl)c(OC)c(CCCC(=O)O)c1. The highest BCUT2D eigenvalue weighted by Gasteiger charge is 2.11. The van der Waals surface area contributed by atoms with Gasteiger partial charge in [0, 0.05) is 12.5 Å². The van der Waals surface area contributed by atoms with Gasteiger partial charge in [0.1, 0.15) is 11.5 Å². The topological polar surface area (TPSA) is 55.8 Å². The average Bonchev–Trinajstić information content (AvgIpc) is 2.28. The normalized spacial score (nSPS) is 10.1. The van der Waals surface area contributed by atoms with E-state index in [1.807, 2.05) is 6.07 Å². The molecule has 1 aromatic rings. The van der Waals surface area contributed by atoms with E-state index in [1.54, 1.807) is 13.2 Å². The van der Waals surface area contributed by atoms with Crippen LogP contribution in [0.3, 0.4) is 0 Å². The first-order valence-electron chi connectivity index (χ1n) is 5.20. The van der Waals surface area contributed by atoms with Crippen molar-refractivity contribution in [3.05, 3.63) is 22.7 Å². The molecule has 0 aromatic heterocycles. The van der Waals surface area contributed by atoms with Crippen molar-refractivity contribution in [3.63, 3.8) is 0 Å². The van der Waals surface area contributed by atoms with Gasteiger partial charge in [-0.2, -0.15) is 0 Å². The number of benzene rings is 1. The molecule has 0 aliphatic carbocycles. The van der Waals surface area contributed by atoms with Crippen LogP contribution in [0.4, 0.5) is 0 Å². The predicted octanol–water partition coefficient (Wildman–Crippen LogP) is 2.76. The lowest BCUT2D eigenvalue weighted by Gasteiger charge is -2.12. The van der Waals surface area contributed by atoms with Crippen LogP contribution in [0.5, 0.6) is 11.5 Å². The molecule has 0 unspecified atom stereocenters. The number of ether oxygens (including phenoxy) is 2. The summed E-state index contributed by atoms with van der Waals surface area (Å²) in [5.74, 6) is 0.414. The standard InChI is InChI=1S/C12H15ClO4/c1-16-9-6-8(4-3-5-11(14)15)12(17-2)10(13)7-9/h6-7H,3-5H2,1-2H3,(H,14,15). The zero-order valence-corrected chi connectivity index (χ0v) is 10.6. The van der Waals surface area contributed by atoms with E-state index in [1.165, 1.54) is 7.11 Å². The second kappa shape index (κ2) is 6.35. The third kappa shape index (κ3) is 3.82. The summed E-state index contributed by atoms with van der Waals surface area (Å²) in [4.78, 5) is 10.5. The Kier molecular flexibility index (Phi) is 5.10. The molecule has 0 atom stereocenters. The van der Waals surface area contributed by atoms with Gasteiger partial charge < -0.3 is 14.6 Å². The monoisotopic (exact) mass is 258 g/mol. The first-order valence-corrected chi connectivity index (χ1v) is 5.58. The van der Waals surface area contributed by atoms with Crippen LogP contribution in [0.15, 0.2) is 12.1 Å². The van der Waals surface area contributed by atoms with Crippen LogP contribution in [0.2, 0.25) is 5.02 Å². The minimum Gasteiger partial charge on any atom is -0.497 e. The Bertz CT molecular complexity index is 404. The average molecular weight is 259 g/mol. The van der Waals surface area contributed by atoms with Crippen LogP contribution in [0.1, 0.15) is 18.4 Å². The van der Waals surface area contributed by atoms with E-state index < -0.39 is 5.97 Å². The first-order chi connectivity index (χ1) is 8.08. The van der Waals surface area contributed by atoms with Gasteiger partial charge in [-0.05, 0) is 24.5 Å². The zero-order valence-electron chi connectivity index (χ0n) is 9.83. The molecule has 5 heteroatoms. The smallest absolute Gasteiger partial charge is 0.303 e. The molecule has 0 aliphatic heterocycles. The maximum Gasteiger partial charge on any atom is 0.303 e. The van der Waals surface area contributed by atoms with Crippen molar-refractivity contribution in [1.82, 2.24) is 0 Å². The number of carbonyl (C=O) groups is 1. The lowest BCUT2D eigenvalue weighted by molar-refractivity contribution is -0.137. The van der Waals surface area contributed by atoms with Crippen molar-refractivity contribution in [3.8, 4) is 11.5 Å². The third-order valence-electron chi connectivity index (χ3n) is 2.37. The summed E-state index contributed by atoms with van der Waals surface area (Å²) in [5, 5.41) is 9.06. The second-order valence-electron chi connectivity index (χ2n) is 3.55. The quantitative estimate of drug-likeness (QED) is 0.852. The Hall–Kier alpha value is -1.42. The minimum atomic E-state index is -0.807. The van der Waals surface area contributed by atoms with Crippen LogP contribution in [0, 0.1) is 0 Å². The molecule has 0 fully saturated rings. The predicted molar refractivity (Wildman–Crippen MR) is 65.1 cm³/mol. The molecule has 17 heavy (non-hydrogen) atoms. The summed E-state index contributed by atoms with van der Waals surface area (Å²) >= 11 is 6.03. The first kappa shape index (κ1) is 13.6. The van der Waals surface area contributed by atoms with Crippen molar-refractivity contribution in [2.24, 2.45) is 0 Å². The van der Waals surface area contributed by atoms with E-state index in [0.29, 0.717) is 29.4 Å². The molecule has 0 amide bonds. The Morgan fingerprint density at radius 1 is 1.35 bits per heavy atom. The molecular weight excluding hydrogens is 244 g/mol. The van der Waals surface area contributed by atoms with Crippen molar-refractivity contribution >= 4 is 17.6 Å². The van der Waals surface area contributed by atoms with Crippen LogP contribution >= 0.6 is 11.6 Å². The fourth-order valence-electron chi connectivity index (χ4n) is 1.58.